The standard InChI is InChI=1S/C18H16N2OS/c1-11(18-15-7-3-4-9-16(15)19-21-18)10-13-6-5-8-14-12(2)22-20-17(13)14/h3-9,11H,10H2,1-2H3. The lowest BCUT2D eigenvalue weighted by Crippen LogP contribution is -1.98. The van der Waals surface area contributed by atoms with E-state index >= 15 is 0 Å². The van der Waals surface area contributed by atoms with Gasteiger partial charge in [0.2, 0.25) is 0 Å². The van der Waals surface area contributed by atoms with E-state index in [2.05, 4.69) is 47.6 Å². The summed E-state index contributed by atoms with van der Waals surface area (Å²) in [5.74, 6) is 1.22. The molecule has 0 amide bonds. The molecular formula is C18H16N2OS. The molecule has 2 aromatic heterocycles. The molecule has 3 nitrogen and oxygen atoms in total. The third-order valence-corrected chi connectivity index (χ3v) is 4.93. The summed E-state index contributed by atoms with van der Waals surface area (Å²) in [5, 5.41) is 6.53. The second-order valence-electron chi connectivity index (χ2n) is 5.72. The van der Waals surface area contributed by atoms with Crippen LogP contribution in [0.5, 0.6) is 0 Å². The molecule has 4 heteroatoms. The molecule has 0 saturated heterocycles. The van der Waals surface area contributed by atoms with Gasteiger partial charge in [-0.15, -0.1) is 0 Å². The summed E-state index contributed by atoms with van der Waals surface area (Å²) in [7, 11) is 0. The molecule has 110 valence electrons. The van der Waals surface area contributed by atoms with E-state index in [1.54, 1.807) is 11.5 Å². The third kappa shape index (κ3) is 2.11. The molecule has 0 fully saturated rings. The Kier molecular flexibility index (Phi) is 3.19. The van der Waals surface area contributed by atoms with Crippen LogP contribution < -0.4 is 0 Å². The molecule has 0 spiro atoms. The number of aryl methyl sites for hydroxylation is 1. The minimum absolute atomic E-state index is 0.264. The predicted octanol–water partition coefficient (Wildman–Crippen LogP) is 5.09. The molecule has 0 radical (unpaired) electrons. The van der Waals surface area contributed by atoms with Crippen molar-refractivity contribution in [3.05, 3.63) is 58.7 Å². The van der Waals surface area contributed by atoms with Gasteiger partial charge in [-0.2, -0.15) is 4.37 Å². The van der Waals surface area contributed by atoms with Gasteiger partial charge in [-0.1, -0.05) is 42.4 Å². The maximum atomic E-state index is 5.60. The maximum absolute atomic E-state index is 5.60. The molecule has 22 heavy (non-hydrogen) atoms. The quantitative estimate of drug-likeness (QED) is 0.529. The Labute approximate surface area is 132 Å². The van der Waals surface area contributed by atoms with Crippen LogP contribution in [0.25, 0.3) is 21.8 Å². The smallest absolute Gasteiger partial charge is 0.147 e. The first-order valence-corrected chi connectivity index (χ1v) is 8.19. The minimum atomic E-state index is 0.264. The van der Waals surface area contributed by atoms with Gasteiger partial charge in [-0.3, -0.25) is 0 Å². The molecule has 0 aliphatic carbocycles. The zero-order valence-corrected chi connectivity index (χ0v) is 13.4. The van der Waals surface area contributed by atoms with Crippen LogP contribution in [0.4, 0.5) is 0 Å². The molecule has 0 aliphatic heterocycles. The van der Waals surface area contributed by atoms with Crippen LogP contribution in [0.1, 0.15) is 29.0 Å². The largest absolute Gasteiger partial charge is 0.360 e. The summed E-state index contributed by atoms with van der Waals surface area (Å²) in [6.07, 6.45) is 0.902. The average Bonchev–Trinajstić information content (AvgIpc) is 3.12. The van der Waals surface area contributed by atoms with Crippen molar-refractivity contribution in [3.8, 4) is 0 Å². The van der Waals surface area contributed by atoms with Crippen molar-refractivity contribution in [3.63, 3.8) is 0 Å². The first-order valence-electron chi connectivity index (χ1n) is 7.42. The number of hydrogen-bond acceptors (Lipinski definition) is 4. The number of hydrogen-bond donors (Lipinski definition) is 0. The van der Waals surface area contributed by atoms with Crippen molar-refractivity contribution in [2.45, 2.75) is 26.2 Å². The summed E-state index contributed by atoms with van der Waals surface area (Å²) < 4.78 is 10.2. The van der Waals surface area contributed by atoms with E-state index in [4.69, 9.17) is 4.52 Å². The van der Waals surface area contributed by atoms with Crippen LogP contribution in [-0.2, 0) is 6.42 Å². The second-order valence-corrected chi connectivity index (χ2v) is 6.70. The van der Waals surface area contributed by atoms with Crippen LogP contribution in [-0.4, -0.2) is 9.53 Å². The van der Waals surface area contributed by atoms with Gasteiger partial charge < -0.3 is 4.52 Å². The van der Waals surface area contributed by atoms with Crippen LogP contribution in [0, 0.1) is 6.92 Å². The van der Waals surface area contributed by atoms with E-state index in [0.717, 1.165) is 28.6 Å². The Balaban J connectivity index is 1.73. The molecule has 1 unspecified atom stereocenters. The summed E-state index contributed by atoms with van der Waals surface area (Å²) >= 11 is 1.57. The Morgan fingerprint density at radius 2 is 1.91 bits per heavy atom. The van der Waals surface area contributed by atoms with Crippen LogP contribution >= 0.6 is 11.5 Å². The highest BCUT2D eigenvalue weighted by Crippen LogP contribution is 2.31. The molecule has 4 aromatic rings. The lowest BCUT2D eigenvalue weighted by Gasteiger charge is -2.09. The van der Waals surface area contributed by atoms with Gasteiger partial charge in [0.15, 0.2) is 0 Å². The Bertz CT molecular complexity index is 954. The molecule has 0 N–H and O–H groups in total. The normalized spacial score (nSPS) is 13.0. The molecule has 0 aliphatic rings. The fourth-order valence-corrected chi connectivity index (χ4v) is 3.71. The first kappa shape index (κ1) is 13.5. The maximum Gasteiger partial charge on any atom is 0.147 e. The van der Waals surface area contributed by atoms with Crippen LogP contribution in [0.2, 0.25) is 0 Å². The molecule has 0 bridgehead atoms. The summed E-state index contributed by atoms with van der Waals surface area (Å²) in [6, 6.07) is 14.5. The van der Waals surface area contributed by atoms with Gasteiger partial charge in [0.05, 0.1) is 5.52 Å². The van der Waals surface area contributed by atoms with Crippen LogP contribution in [0.15, 0.2) is 47.0 Å². The highest BCUT2D eigenvalue weighted by Gasteiger charge is 2.17. The number of rotatable bonds is 3. The van der Waals surface area contributed by atoms with Crippen molar-refractivity contribution < 1.29 is 4.52 Å². The van der Waals surface area contributed by atoms with E-state index in [1.165, 1.54) is 15.8 Å². The van der Waals surface area contributed by atoms with E-state index in [0.29, 0.717) is 0 Å². The second kappa shape index (κ2) is 5.21. The molecule has 2 heterocycles. The molecule has 4 rings (SSSR count). The molecule has 1 atom stereocenters. The van der Waals surface area contributed by atoms with E-state index < -0.39 is 0 Å². The summed E-state index contributed by atoms with van der Waals surface area (Å²) in [5.41, 5.74) is 3.32. The third-order valence-electron chi connectivity index (χ3n) is 4.16. The monoisotopic (exact) mass is 308 g/mol. The van der Waals surface area contributed by atoms with E-state index in [1.807, 2.05) is 18.2 Å². The average molecular weight is 308 g/mol. The van der Waals surface area contributed by atoms with E-state index in [9.17, 15) is 0 Å². The van der Waals surface area contributed by atoms with Crippen molar-refractivity contribution in [2.24, 2.45) is 0 Å². The molecular weight excluding hydrogens is 292 g/mol. The van der Waals surface area contributed by atoms with Gasteiger partial charge in [0, 0.05) is 21.6 Å². The van der Waals surface area contributed by atoms with Crippen molar-refractivity contribution in [1.82, 2.24) is 9.53 Å². The number of fused-ring (bicyclic) bond motifs is 2. The Morgan fingerprint density at radius 1 is 1.09 bits per heavy atom. The SMILES string of the molecule is Cc1snc2c(CC(C)c3onc4ccccc34)cccc12. The molecule has 2 aromatic carbocycles. The highest BCUT2D eigenvalue weighted by molar-refractivity contribution is 7.07. The fraction of sp³-hybridized carbons (Fsp3) is 0.222. The predicted molar refractivity (Wildman–Crippen MR) is 90.5 cm³/mol. The lowest BCUT2D eigenvalue weighted by molar-refractivity contribution is 0.372. The number of benzene rings is 2. The lowest BCUT2D eigenvalue weighted by atomic mass is 9.95. The van der Waals surface area contributed by atoms with Crippen LogP contribution in [0.3, 0.4) is 0 Å². The number of nitrogens with zero attached hydrogens (tertiary/aromatic N) is 2. The highest BCUT2D eigenvalue weighted by atomic mass is 32.1. The Morgan fingerprint density at radius 3 is 2.82 bits per heavy atom. The van der Waals surface area contributed by atoms with E-state index in [-0.39, 0.29) is 5.92 Å². The zero-order chi connectivity index (χ0) is 15.1. The minimum Gasteiger partial charge on any atom is -0.360 e. The van der Waals surface area contributed by atoms with Crippen molar-refractivity contribution >= 4 is 33.3 Å². The molecule has 0 saturated carbocycles. The van der Waals surface area contributed by atoms with Crippen molar-refractivity contribution in [2.75, 3.05) is 0 Å². The topological polar surface area (TPSA) is 38.9 Å². The van der Waals surface area contributed by atoms with Gasteiger partial charge in [-0.05, 0) is 42.6 Å². The van der Waals surface area contributed by atoms with Gasteiger partial charge in [0.1, 0.15) is 11.3 Å². The van der Waals surface area contributed by atoms with Gasteiger partial charge in [0.25, 0.3) is 0 Å². The Hall–Kier alpha value is -2.20. The number of aromatic nitrogens is 2. The fourth-order valence-electron chi connectivity index (χ4n) is 3.00. The van der Waals surface area contributed by atoms with Gasteiger partial charge >= 0.3 is 0 Å². The van der Waals surface area contributed by atoms with Crippen molar-refractivity contribution in [1.29, 1.82) is 0 Å². The summed E-state index contributed by atoms with van der Waals surface area (Å²) in [4.78, 5) is 1.27. The summed E-state index contributed by atoms with van der Waals surface area (Å²) in [6.45, 7) is 4.31. The first-order chi connectivity index (χ1) is 10.7. The van der Waals surface area contributed by atoms with Gasteiger partial charge in [-0.25, -0.2) is 0 Å². The zero-order valence-electron chi connectivity index (χ0n) is 12.5.